The van der Waals surface area contributed by atoms with Crippen molar-refractivity contribution in [2.45, 2.75) is 39.0 Å². The Morgan fingerprint density at radius 1 is 1.07 bits per heavy atom. The fourth-order valence-corrected chi connectivity index (χ4v) is 3.88. The fourth-order valence-electron chi connectivity index (χ4n) is 3.88. The third-order valence-electron chi connectivity index (χ3n) is 5.58. The lowest BCUT2D eigenvalue weighted by Gasteiger charge is -2.30. The molecule has 4 nitrogen and oxygen atoms in total. The zero-order chi connectivity index (χ0) is 20.9. The van der Waals surface area contributed by atoms with Gasteiger partial charge in [-0.3, -0.25) is 0 Å². The SMILES string of the molecule is CCCCOC(=O)c1ccc2nc(-c3ccc(F)cc3)c(N3CCCCC3)cc2c1. The second-order valence-corrected chi connectivity index (χ2v) is 7.81. The van der Waals surface area contributed by atoms with Gasteiger partial charge in [0.15, 0.2) is 0 Å². The highest BCUT2D eigenvalue weighted by atomic mass is 19.1. The van der Waals surface area contributed by atoms with Gasteiger partial charge in [-0.05, 0) is 74.2 Å². The normalized spacial score (nSPS) is 14.1. The van der Waals surface area contributed by atoms with Crippen LogP contribution in [-0.4, -0.2) is 30.6 Å². The molecule has 2 heterocycles. The number of esters is 1. The summed E-state index contributed by atoms with van der Waals surface area (Å²) in [6, 6.07) is 14.1. The van der Waals surface area contributed by atoms with E-state index in [-0.39, 0.29) is 11.8 Å². The number of nitrogens with zero attached hydrogens (tertiary/aromatic N) is 2. The number of fused-ring (bicyclic) bond motifs is 1. The molecule has 4 rings (SSSR count). The number of pyridine rings is 1. The molecule has 2 aromatic carbocycles. The van der Waals surface area contributed by atoms with Gasteiger partial charge >= 0.3 is 5.97 Å². The van der Waals surface area contributed by atoms with Gasteiger partial charge in [-0.25, -0.2) is 14.2 Å². The Labute approximate surface area is 176 Å². The molecular formula is C25H27FN2O2. The number of anilines is 1. The monoisotopic (exact) mass is 406 g/mol. The minimum atomic E-state index is -0.299. The number of carbonyl (C=O) groups excluding carboxylic acids is 1. The Kier molecular flexibility index (Phi) is 6.26. The van der Waals surface area contributed by atoms with Crippen LogP contribution in [-0.2, 0) is 4.74 Å². The lowest BCUT2D eigenvalue weighted by Crippen LogP contribution is -2.30. The van der Waals surface area contributed by atoms with Gasteiger partial charge in [-0.1, -0.05) is 13.3 Å². The van der Waals surface area contributed by atoms with Crippen LogP contribution in [0.2, 0.25) is 0 Å². The second kappa shape index (κ2) is 9.24. The summed E-state index contributed by atoms with van der Waals surface area (Å²) < 4.78 is 18.8. The van der Waals surface area contributed by atoms with Gasteiger partial charge in [0.05, 0.1) is 29.1 Å². The molecule has 0 amide bonds. The summed E-state index contributed by atoms with van der Waals surface area (Å²) in [4.78, 5) is 19.6. The smallest absolute Gasteiger partial charge is 0.338 e. The van der Waals surface area contributed by atoms with Gasteiger partial charge < -0.3 is 9.64 Å². The van der Waals surface area contributed by atoms with Crippen molar-refractivity contribution < 1.29 is 13.9 Å². The molecule has 0 saturated carbocycles. The van der Waals surface area contributed by atoms with Crippen molar-refractivity contribution in [2.75, 3.05) is 24.6 Å². The zero-order valence-corrected chi connectivity index (χ0v) is 17.4. The standard InChI is InChI=1S/C25H27FN2O2/c1-2-3-15-30-25(29)19-9-12-22-20(16-19)17-23(28-13-5-4-6-14-28)24(27-22)18-7-10-21(26)11-8-18/h7-12,16-17H,2-6,13-15H2,1H3. The van der Waals surface area contributed by atoms with E-state index in [0.717, 1.165) is 66.6 Å². The largest absolute Gasteiger partial charge is 0.462 e. The summed E-state index contributed by atoms with van der Waals surface area (Å²) in [7, 11) is 0. The van der Waals surface area contributed by atoms with E-state index in [1.54, 1.807) is 18.2 Å². The summed E-state index contributed by atoms with van der Waals surface area (Å²) in [5.74, 6) is -0.558. The number of ether oxygens (including phenoxy) is 1. The molecule has 0 bridgehead atoms. The molecule has 1 saturated heterocycles. The van der Waals surface area contributed by atoms with Crippen molar-refractivity contribution >= 4 is 22.6 Å². The molecule has 0 spiro atoms. The number of aromatic nitrogens is 1. The van der Waals surface area contributed by atoms with Crippen molar-refractivity contribution in [1.82, 2.24) is 4.98 Å². The number of halogens is 1. The Balaban J connectivity index is 1.75. The molecule has 30 heavy (non-hydrogen) atoms. The number of unbranched alkanes of at least 4 members (excludes halogenated alkanes) is 1. The van der Waals surface area contributed by atoms with Crippen LogP contribution in [0.15, 0.2) is 48.5 Å². The number of hydrogen-bond acceptors (Lipinski definition) is 4. The van der Waals surface area contributed by atoms with Crippen molar-refractivity contribution in [3.8, 4) is 11.3 Å². The van der Waals surface area contributed by atoms with Crippen LogP contribution in [0.5, 0.6) is 0 Å². The number of hydrogen-bond donors (Lipinski definition) is 0. The maximum absolute atomic E-state index is 13.5. The molecule has 1 aromatic heterocycles. The summed E-state index contributed by atoms with van der Waals surface area (Å²) in [5, 5.41) is 0.909. The topological polar surface area (TPSA) is 42.4 Å². The van der Waals surface area contributed by atoms with Crippen LogP contribution in [0.1, 0.15) is 49.4 Å². The summed E-state index contributed by atoms with van der Waals surface area (Å²) in [5.41, 5.74) is 4.12. The quantitative estimate of drug-likeness (QED) is 0.373. The molecule has 3 aromatic rings. The maximum Gasteiger partial charge on any atom is 0.338 e. The lowest BCUT2D eigenvalue weighted by molar-refractivity contribution is 0.0500. The Hall–Kier alpha value is -2.95. The Morgan fingerprint density at radius 3 is 2.57 bits per heavy atom. The number of piperidine rings is 1. The van der Waals surface area contributed by atoms with E-state index >= 15 is 0 Å². The van der Waals surface area contributed by atoms with E-state index in [1.165, 1.54) is 18.6 Å². The Morgan fingerprint density at radius 2 is 1.83 bits per heavy atom. The molecule has 0 aliphatic carbocycles. The molecule has 1 aliphatic rings. The van der Waals surface area contributed by atoms with Crippen molar-refractivity contribution in [3.63, 3.8) is 0 Å². The van der Waals surface area contributed by atoms with E-state index in [2.05, 4.69) is 17.9 Å². The molecule has 0 unspecified atom stereocenters. The molecular weight excluding hydrogens is 379 g/mol. The first-order chi connectivity index (χ1) is 14.7. The van der Waals surface area contributed by atoms with E-state index in [9.17, 15) is 9.18 Å². The van der Waals surface area contributed by atoms with E-state index in [0.29, 0.717) is 12.2 Å². The molecule has 1 aliphatic heterocycles. The highest BCUT2D eigenvalue weighted by Crippen LogP contribution is 2.34. The first-order valence-electron chi connectivity index (χ1n) is 10.8. The third kappa shape index (κ3) is 4.45. The average molecular weight is 407 g/mol. The fraction of sp³-hybridized carbons (Fsp3) is 0.360. The van der Waals surface area contributed by atoms with Gasteiger partial charge in [0, 0.05) is 24.0 Å². The van der Waals surface area contributed by atoms with Gasteiger partial charge in [0.2, 0.25) is 0 Å². The molecule has 0 radical (unpaired) electrons. The molecule has 5 heteroatoms. The van der Waals surface area contributed by atoms with Crippen LogP contribution < -0.4 is 4.90 Å². The average Bonchev–Trinajstić information content (AvgIpc) is 2.79. The summed E-state index contributed by atoms with van der Waals surface area (Å²) in [6.07, 6.45) is 5.37. The first-order valence-corrected chi connectivity index (χ1v) is 10.8. The Bertz CT molecular complexity index is 1030. The van der Waals surface area contributed by atoms with Crippen LogP contribution in [0.4, 0.5) is 10.1 Å². The van der Waals surface area contributed by atoms with E-state index < -0.39 is 0 Å². The minimum absolute atomic E-state index is 0.259. The van der Waals surface area contributed by atoms with E-state index in [1.807, 2.05) is 12.1 Å². The van der Waals surface area contributed by atoms with E-state index in [4.69, 9.17) is 9.72 Å². The van der Waals surface area contributed by atoms with Crippen LogP contribution in [0.3, 0.4) is 0 Å². The van der Waals surface area contributed by atoms with Gasteiger partial charge in [0.25, 0.3) is 0 Å². The van der Waals surface area contributed by atoms with Crippen molar-refractivity contribution in [1.29, 1.82) is 0 Å². The van der Waals surface area contributed by atoms with Crippen LogP contribution in [0.25, 0.3) is 22.2 Å². The predicted octanol–water partition coefficient (Wildman–Crippen LogP) is 5.99. The lowest BCUT2D eigenvalue weighted by atomic mass is 10.0. The first kappa shape index (κ1) is 20.3. The zero-order valence-electron chi connectivity index (χ0n) is 17.4. The van der Waals surface area contributed by atoms with Crippen molar-refractivity contribution in [3.05, 3.63) is 59.9 Å². The second-order valence-electron chi connectivity index (χ2n) is 7.81. The number of benzene rings is 2. The highest BCUT2D eigenvalue weighted by molar-refractivity contribution is 5.96. The number of rotatable bonds is 6. The van der Waals surface area contributed by atoms with Gasteiger partial charge in [-0.2, -0.15) is 0 Å². The predicted molar refractivity (Wildman–Crippen MR) is 118 cm³/mol. The summed E-state index contributed by atoms with van der Waals surface area (Å²) >= 11 is 0. The third-order valence-corrected chi connectivity index (χ3v) is 5.58. The molecule has 156 valence electrons. The van der Waals surface area contributed by atoms with Crippen LogP contribution >= 0.6 is 0 Å². The van der Waals surface area contributed by atoms with Crippen molar-refractivity contribution in [2.24, 2.45) is 0 Å². The maximum atomic E-state index is 13.5. The highest BCUT2D eigenvalue weighted by Gasteiger charge is 2.19. The minimum Gasteiger partial charge on any atom is -0.462 e. The molecule has 0 atom stereocenters. The number of carbonyl (C=O) groups is 1. The van der Waals surface area contributed by atoms with Gasteiger partial charge in [-0.15, -0.1) is 0 Å². The van der Waals surface area contributed by atoms with Gasteiger partial charge in [0.1, 0.15) is 5.82 Å². The summed E-state index contributed by atoms with van der Waals surface area (Å²) in [6.45, 7) is 4.45. The van der Waals surface area contributed by atoms with Crippen LogP contribution in [0, 0.1) is 5.82 Å². The molecule has 1 fully saturated rings. The molecule has 0 N–H and O–H groups in total.